The summed E-state index contributed by atoms with van der Waals surface area (Å²) in [5.74, 6) is -0.725. The normalized spacial score (nSPS) is 26.2. The number of carboxylic acid groups (broad SMARTS) is 1. The Morgan fingerprint density at radius 2 is 2.37 bits per heavy atom. The van der Waals surface area contributed by atoms with E-state index >= 15 is 0 Å². The Bertz CT molecular complexity index is 568. The highest BCUT2D eigenvalue weighted by Crippen LogP contribution is 2.40. The fourth-order valence-electron chi connectivity index (χ4n) is 2.34. The van der Waals surface area contributed by atoms with Crippen molar-refractivity contribution in [3.8, 4) is 0 Å². The van der Waals surface area contributed by atoms with Crippen LogP contribution in [0.4, 0.5) is 0 Å². The highest BCUT2D eigenvalue weighted by molar-refractivity contribution is 8.00. The second kappa shape index (κ2) is 4.66. The number of amides is 1. The Balaban J connectivity index is 1.95. The molecule has 0 spiro atoms. The number of carbonyl (C=O) groups excluding carboxylic acids is 1. The van der Waals surface area contributed by atoms with Crippen LogP contribution in [0.3, 0.4) is 0 Å². The Labute approximate surface area is 118 Å². The predicted molar refractivity (Wildman–Crippen MR) is 73.8 cm³/mol. The Morgan fingerprint density at radius 3 is 3.00 bits per heavy atom. The molecular weight excluding hydrogens is 284 g/mol. The molecule has 1 amide bonds. The second-order valence-electron chi connectivity index (χ2n) is 4.45. The molecule has 0 unspecified atom stereocenters. The fraction of sp³-hybridized carbons (Fsp3) is 0.333. The van der Waals surface area contributed by atoms with Gasteiger partial charge < -0.3 is 10.8 Å². The van der Waals surface area contributed by atoms with Crippen molar-refractivity contribution in [1.82, 2.24) is 4.90 Å². The van der Waals surface area contributed by atoms with Crippen LogP contribution in [0.5, 0.6) is 0 Å². The molecule has 2 aliphatic rings. The van der Waals surface area contributed by atoms with Crippen LogP contribution in [0.25, 0.3) is 0 Å². The maximum absolute atomic E-state index is 11.8. The molecule has 7 heteroatoms. The monoisotopic (exact) mass is 296 g/mol. The molecule has 100 valence electrons. The van der Waals surface area contributed by atoms with E-state index in [-0.39, 0.29) is 17.0 Å². The molecule has 3 rings (SSSR count). The minimum atomic E-state index is -1.04. The van der Waals surface area contributed by atoms with E-state index in [0.717, 1.165) is 10.5 Å². The van der Waals surface area contributed by atoms with E-state index in [2.05, 4.69) is 0 Å². The van der Waals surface area contributed by atoms with E-state index in [1.165, 1.54) is 16.7 Å². The molecule has 1 saturated heterocycles. The molecule has 0 radical (unpaired) electrons. The number of hydrogen-bond donors (Lipinski definition) is 2. The van der Waals surface area contributed by atoms with Crippen LogP contribution in [0, 0.1) is 0 Å². The molecule has 0 bridgehead atoms. The zero-order valence-electron chi connectivity index (χ0n) is 9.91. The van der Waals surface area contributed by atoms with Crippen molar-refractivity contribution in [2.45, 2.75) is 17.8 Å². The van der Waals surface area contributed by atoms with E-state index in [1.807, 2.05) is 17.5 Å². The van der Waals surface area contributed by atoms with Gasteiger partial charge in [-0.15, -0.1) is 23.1 Å². The van der Waals surface area contributed by atoms with E-state index in [0.29, 0.717) is 12.2 Å². The number of β-lactam (4-membered cyclic amide) rings is 1. The number of hydrogen-bond acceptors (Lipinski definition) is 5. The van der Waals surface area contributed by atoms with Crippen molar-refractivity contribution in [1.29, 1.82) is 0 Å². The zero-order valence-corrected chi connectivity index (χ0v) is 11.5. The van der Waals surface area contributed by atoms with Gasteiger partial charge in [0.2, 0.25) is 5.91 Å². The molecule has 2 atom stereocenters. The van der Waals surface area contributed by atoms with Gasteiger partial charge in [-0.05, 0) is 17.0 Å². The van der Waals surface area contributed by atoms with Gasteiger partial charge in [-0.1, -0.05) is 6.07 Å². The molecule has 19 heavy (non-hydrogen) atoms. The van der Waals surface area contributed by atoms with Crippen LogP contribution in [-0.2, 0) is 16.0 Å². The number of carboxylic acids is 1. The lowest BCUT2D eigenvalue weighted by atomic mass is 10.0. The van der Waals surface area contributed by atoms with E-state index in [9.17, 15) is 14.7 Å². The molecule has 2 aliphatic heterocycles. The predicted octanol–water partition coefficient (Wildman–Crippen LogP) is 0.872. The first-order valence-electron chi connectivity index (χ1n) is 5.77. The maximum atomic E-state index is 11.8. The van der Waals surface area contributed by atoms with Crippen molar-refractivity contribution in [2.24, 2.45) is 5.73 Å². The Kier molecular flexibility index (Phi) is 3.12. The topological polar surface area (TPSA) is 83.6 Å². The summed E-state index contributed by atoms with van der Waals surface area (Å²) in [6.07, 6.45) is 0.581. The number of aliphatic carboxylic acids is 1. The van der Waals surface area contributed by atoms with Gasteiger partial charge in [0.05, 0.1) is 0 Å². The van der Waals surface area contributed by atoms with Crippen LogP contribution in [0.1, 0.15) is 4.88 Å². The molecule has 1 fully saturated rings. The molecule has 0 saturated carbocycles. The van der Waals surface area contributed by atoms with Gasteiger partial charge in [0.1, 0.15) is 17.1 Å². The first-order chi connectivity index (χ1) is 9.09. The molecule has 5 nitrogen and oxygen atoms in total. The lowest BCUT2D eigenvalue weighted by molar-refractivity contribution is -0.148. The first-order valence-corrected chi connectivity index (χ1v) is 7.70. The number of rotatable bonds is 3. The third-order valence-electron chi connectivity index (χ3n) is 3.26. The zero-order chi connectivity index (χ0) is 13.6. The lowest BCUT2D eigenvalue weighted by Crippen LogP contribution is -2.68. The van der Waals surface area contributed by atoms with E-state index < -0.39 is 12.0 Å². The van der Waals surface area contributed by atoms with Gasteiger partial charge in [0.15, 0.2) is 0 Å². The number of carbonyl (C=O) groups is 2. The summed E-state index contributed by atoms with van der Waals surface area (Å²) in [4.78, 5) is 25.6. The van der Waals surface area contributed by atoms with Gasteiger partial charge >= 0.3 is 5.97 Å². The van der Waals surface area contributed by atoms with Gasteiger partial charge in [-0.25, -0.2) is 4.79 Å². The molecule has 1 aromatic heterocycles. The molecule has 0 aromatic carbocycles. The van der Waals surface area contributed by atoms with Crippen molar-refractivity contribution >= 4 is 35.0 Å². The van der Waals surface area contributed by atoms with Gasteiger partial charge in [-0.3, -0.25) is 9.69 Å². The minimum absolute atomic E-state index is 0.129. The standard InChI is InChI=1S/C12H12N2O3S2/c13-8-10(15)14-9(12(16)17)6(5-19-11(8)14)4-7-2-1-3-18-7/h1-3,8,11H,4-5,13H2,(H,16,17)/t8-,11+/m1/s1. The van der Waals surface area contributed by atoms with Crippen molar-refractivity contribution < 1.29 is 14.7 Å². The molecule has 3 N–H and O–H groups in total. The van der Waals surface area contributed by atoms with E-state index in [1.54, 1.807) is 11.3 Å². The van der Waals surface area contributed by atoms with Gasteiger partial charge in [0.25, 0.3) is 0 Å². The van der Waals surface area contributed by atoms with Crippen LogP contribution < -0.4 is 5.73 Å². The number of thioether (sulfide) groups is 1. The Hall–Kier alpha value is -1.31. The third kappa shape index (κ3) is 1.98. The summed E-state index contributed by atoms with van der Waals surface area (Å²) in [7, 11) is 0. The summed E-state index contributed by atoms with van der Waals surface area (Å²) in [6, 6.07) is 3.34. The highest BCUT2D eigenvalue weighted by atomic mass is 32.2. The highest BCUT2D eigenvalue weighted by Gasteiger charge is 2.51. The third-order valence-corrected chi connectivity index (χ3v) is 5.50. The van der Waals surface area contributed by atoms with Crippen LogP contribution >= 0.6 is 23.1 Å². The maximum Gasteiger partial charge on any atom is 0.352 e. The summed E-state index contributed by atoms with van der Waals surface area (Å²) in [5.41, 5.74) is 6.61. The number of thiophene rings is 1. The van der Waals surface area contributed by atoms with E-state index in [4.69, 9.17) is 5.73 Å². The SMILES string of the molecule is N[C@@H]1C(=O)N2C(C(=O)O)=C(Cc3cccs3)CS[C@@H]12. The van der Waals surface area contributed by atoms with Gasteiger partial charge in [0, 0.05) is 17.1 Å². The quantitative estimate of drug-likeness (QED) is 0.809. The second-order valence-corrected chi connectivity index (χ2v) is 6.59. The summed E-state index contributed by atoms with van der Waals surface area (Å²) < 4.78 is 0. The van der Waals surface area contributed by atoms with Crippen LogP contribution in [-0.4, -0.2) is 39.1 Å². The smallest absolute Gasteiger partial charge is 0.352 e. The molecular formula is C12H12N2O3S2. The number of nitrogens with zero attached hydrogens (tertiary/aromatic N) is 1. The molecule has 3 heterocycles. The average molecular weight is 296 g/mol. The van der Waals surface area contributed by atoms with Gasteiger partial charge in [-0.2, -0.15) is 0 Å². The molecule has 1 aromatic rings. The molecule has 0 aliphatic carbocycles. The lowest BCUT2D eigenvalue weighted by Gasteiger charge is -2.48. The first kappa shape index (κ1) is 12.7. The number of nitrogens with two attached hydrogens (primary N) is 1. The average Bonchev–Trinajstić information content (AvgIpc) is 2.89. The summed E-state index contributed by atoms with van der Waals surface area (Å²) in [5, 5.41) is 11.1. The number of fused-ring (bicyclic) bond motifs is 1. The summed E-state index contributed by atoms with van der Waals surface area (Å²) in [6.45, 7) is 0. The van der Waals surface area contributed by atoms with Crippen LogP contribution in [0.2, 0.25) is 0 Å². The minimum Gasteiger partial charge on any atom is -0.477 e. The van der Waals surface area contributed by atoms with Crippen molar-refractivity contribution in [3.05, 3.63) is 33.7 Å². The largest absolute Gasteiger partial charge is 0.477 e. The fourth-order valence-corrected chi connectivity index (χ4v) is 4.38. The van der Waals surface area contributed by atoms with Crippen molar-refractivity contribution in [2.75, 3.05) is 5.75 Å². The van der Waals surface area contributed by atoms with Crippen molar-refractivity contribution in [3.63, 3.8) is 0 Å². The van der Waals surface area contributed by atoms with Crippen LogP contribution in [0.15, 0.2) is 28.8 Å². The summed E-state index contributed by atoms with van der Waals surface area (Å²) >= 11 is 3.13. The Morgan fingerprint density at radius 1 is 1.58 bits per heavy atom.